The van der Waals surface area contributed by atoms with E-state index in [1.165, 1.54) is 13.2 Å². The fraction of sp³-hybridized carbons (Fsp3) is 0.387. The number of esters is 1. The van der Waals surface area contributed by atoms with Gasteiger partial charge < -0.3 is 28.4 Å². The van der Waals surface area contributed by atoms with Gasteiger partial charge in [0.1, 0.15) is 23.8 Å². The Kier molecular flexibility index (Phi) is 7.54. The summed E-state index contributed by atoms with van der Waals surface area (Å²) in [5, 5.41) is 0.341. The summed E-state index contributed by atoms with van der Waals surface area (Å²) in [5.41, 5.74) is 3.04. The van der Waals surface area contributed by atoms with Crippen molar-refractivity contribution in [3.8, 4) is 11.5 Å². The Labute approximate surface area is 252 Å². The largest absolute Gasteiger partial charge is 0.483 e. The number of piperazine rings is 1. The number of para-hydroxylation sites is 1. The first-order valence-corrected chi connectivity index (χ1v) is 14.8. The van der Waals surface area contributed by atoms with Crippen molar-refractivity contribution in [3.05, 3.63) is 76.5 Å². The number of halogens is 2. The van der Waals surface area contributed by atoms with Crippen LogP contribution in [0.15, 0.2) is 48.5 Å². The summed E-state index contributed by atoms with van der Waals surface area (Å²) in [6, 6.07) is 13.9. The van der Waals surface area contributed by atoms with E-state index in [9.17, 15) is 9.18 Å². The summed E-state index contributed by atoms with van der Waals surface area (Å²) in [4.78, 5) is 26.3. The third kappa shape index (κ3) is 5.48. The Bertz CT molecular complexity index is 1670. The smallest absolute Gasteiger partial charge is 0.356 e. The predicted molar refractivity (Wildman–Crippen MR) is 157 cm³/mol. The highest BCUT2D eigenvalue weighted by atomic mass is 35.5. The van der Waals surface area contributed by atoms with Crippen molar-refractivity contribution in [2.24, 2.45) is 0 Å². The van der Waals surface area contributed by atoms with E-state index in [-0.39, 0.29) is 18.4 Å². The van der Waals surface area contributed by atoms with Crippen molar-refractivity contribution >= 4 is 34.4 Å². The molecule has 43 heavy (non-hydrogen) atoms. The second kappa shape index (κ2) is 11.6. The van der Waals surface area contributed by atoms with Gasteiger partial charge in [-0.15, -0.1) is 0 Å². The molecule has 0 N–H and O–H groups in total. The molecule has 2 atom stereocenters. The summed E-state index contributed by atoms with van der Waals surface area (Å²) < 4.78 is 39.6. The molecule has 0 amide bonds. The first kappa shape index (κ1) is 27.9. The molecule has 10 nitrogen and oxygen atoms in total. The van der Waals surface area contributed by atoms with Crippen LogP contribution in [0.4, 0.5) is 10.1 Å². The summed E-state index contributed by atoms with van der Waals surface area (Å²) in [7, 11) is 1.35. The minimum absolute atomic E-state index is 0.110. The van der Waals surface area contributed by atoms with Gasteiger partial charge in [-0.3, -0.25) is 4.90 Å². The van der Waals surface area contributed by atoms with Gasteiger partial charge in [0, 0.05) is 43.4 Å². The molecular formula is C31H31ClFN5O5. The molecule has 2 aromatic carbocycles. The quantitative estimate of drug-likeness (QED) is 0.279. The normalized spacial score (nSPS) is 20.2. The number of methoxy groups -OCH3 is 1. The van der Waals surface area contributed by atoms with Gasteiger partial charge in [0.25, 0.3) is 0 Å². The molecule has 0 aliphatic carbocycles. The summed E-state index contributed by atoms with van der Waals surface area (Å²) in [6.45, 7) is 5.43. The van der Waals surface area contributed by atoms with Crippen LogP contribution in [-0.2, 0) is 22.6 Å². The minimum Gasteiger partial charge on any atom is -0.483 e. The molecule has 5 heterocycles. The Balaban J connectivity index is 1.05. The zero-order chi connectivity index (χ0) is 29.5. The van der Waals surface area contributed by atoms with Crippen molar-refractivity contribution in [2.75, 3.05) is 51.4 Å². The fourth-order valence-corrected chi connectivity index (χ4v) is 5.97. The first-order chi connectivity index (χ1) is 21.0. The van der Waals surface area contributed by atoms with Crippen molar-refractivity contribution in [2.45, 2.75) is 31.7 Å². The van der Waals surface area contributed by atoms with Gasteiger partial charge in [0.2, 0.25) is 0 Å². The zero-order valence-corrected chi connectivity index (χ0v) is 24.4. The average molecular weight is 608 g/mol. The number of rotatable bonds is 7. The summed E-state index contributed by atoms with van der Waals surface area (Å²) in [6.07, 6.45) is 0.537. The molecule has 2 aromatic heterocycles. The van der Waals surface area contributed by atoms with E-state index >= 15 is 0 Å². The van der Waals surface area contributed by atoms with Gasteiger partial charge in [-0.2, -0.15) is 0 Å². The molecule has 224 valence electrons. The maximum Gasteiger partial charge on any atom is 0.356 e. The monoisotopic (exact) mass is 607 g/mol. The molecule has 7 rings (SSSR count). The Morgan fingerprint density at radius 2 is 1.95 bits per heavy atom. The van der Waals surface area contributed by atoms with E-state index in [0.29, 0.717) is 40.8 Å². The molecule has 4 aromatic rings. The van der Waals surface area contributed by atoms with Gasteiger partial charge in [0.05, 0.1) is 32.0 Å². The van der Waals surface area contributed by atoms with Crippen LogP contribution >= 0.6 is 11.6 Å². The molecule has 2 saturated heterocycles. The van der Waals surface area contributed by atoms with Crippen molar-refractivity contribution in [1.29, 1.82) is 0 Å². The lowest BCUT2D eigenvalue weighted by molar-refractivity contribution is -0.0592. The first-order valence-electron chi connectivity index (χ1n) is 14.4. The van der Waals surface area contributed by atoms with E-state index in [2.05, 4.69) is 19.4 Å². The molecule has 12 heteroatoms. The molecule has 0 radical (unpaired) electrons. The molecule has 1 unspecified atom stereocenters. The lowest BCUT2D eigenvalue weighted by Gasteiger charge is -2.38. The zero-order valence-electron chi connectivity index (χ0n) is 23.7. The number of hydrogen-bond acceptors (Lipinski definition) is 9. The second-order valence-electron chi connectivity index (χ2n) is 10.9. The van der Waals surface area contributed by atoms with Crippen LogP contribution in [0.3, 0.4) is 0 Å². The number of anilines is 1. The predicted octanol–water partition coefficient (Wildman–Crippen LogP) is 4.63. The van der Waals surface area contributed by atoms with Gasteiger partial charge in [-0.1, -0.05) is 23.7 Å². The standard InChI is InChI=1S/C31H31ClFN5O5/c1-40-31(39)24-8-7-23-30(35-24)38(16-20-9-14-41-20)28(34-23)17-36-10-12-37(13-11-36)25-3-2-4-26-29(25)42-18-27(43-26)21-6-5-19(32)15-22(21)33/h2-8,15,20,27H,9-14,16-18H2,1H3/t20-,27?/m0/s1. The maximum atomic E-state index is 14.5. The van der Waals surface area contributed by atoms with Crippen LogP contribution < -0.4 is 14.4 Å². The fourth-order valence-electron chi connectivity index (χ4n) is 5.81. The molecule has 3 aliphatic rings. The van der Waals surface area contributed by atoms with Crippen molar-refractivity contribution < 1.29 is 28.1 Å². The topological polar surface area (TPSA) is 91.2 Å². The number of carbonyl (C=O) groups excluding carboxylic acids is 1. The third-order valence-corrected chi connectivity index (χ3v) is 8.47. The van der Waals surface area contributed by atoms with Crippen molar-refractivity contribution in [3.63, 3.8) is 0 Å². The highest BCUT2D eigenvalue weighted by Crippen LogP contribution is 2.44. The minimum atomic E-state index is -0.556. The van der Waals surface area contributed by atoms with Crippen molar-refractivity contribution in [1.82, 2.24) is 19.4 Å². The van der Waals surface area contributed by atoms with Gasteiger partial charge in [-0.25, -0.2) is 19.2 Å². The van der Waals surface area contributed by atoms with E-state index in [1.54, 1.807) is 18.2 Å². The number of benzene rings is 2. The molecule has 0 saturated carbocycles. The Morgan fingerprint density at radius 3 is 2.70 bits per heavy atom. The van der Waals surface area contributed by atoms with E-state index in [0.717, 1.165) is 56.2 Å². The molecule has 3 aliphatic heterocycles. The average Bonchev–Trinajstić information content (AvgIpc) is 3.34. The summed E-state index contributed by atoms with van der Waals surface area (Å²) >= 11 is 5.93. The SMILES string of the molecule is COC(=O)c1ccc2nc(CN3CCN(c4cccc5c4OCC(c4ccc(Cl)cc4F)O5)CC3)n(C[C@@H]3CCO3)c2n1. The lowest BCUT2D eigenvalue weighted by atomic mass is 10.1. The number of hydrogen-bond donors (Lipinski definition) is 0. The van der Waals surface area contributed by atoms with Crippen LogP contribution in [0.1, 0.15) is 34.4 Å². The van der Waals surface area contributed by atoms with E-state index in [4.69, 9.17) is 35.5 Å². The molecular weight excluding hydrogens is 577 g/mol. The Hall–Kier alpha value is -3.93. The van der Waals surface area contributed by atoms with Crippen LogP contribution in [0, 0.1) is 5.82 Å². The van der Waals surface area contributed by atoms with E-state index in [1.807, 2.05) is 24.3 Å². The van der Waals surface area contributed by atoms with Crippen LogP contribution in [0.2, 0.25) is 5.02 Å². The number of fused-ring (bicyclic) bond motifs is 2. The second-order valence-corrected chi connectivity index (χ2v) is 11.3. The lowest BCUT2D eigenvalue weighted by Crippen LogP contribution is -2.46. The van der Waals surface area contributed by atoms with E-state index < -0.39 is 17.9 Å². The van der Waals surface area contributed by atoms with Gasteiger partial charge >= 0.3 is 5.97 Å². The Morgan fingerprint density at radius 1 is 1.12 bits per heavy atom. The third-order valence-electron chi connectivity index (χ3n) is 8.24. The molecule has 2 fully saturated rings. The van der Waals surface area contributed by atoms with Crippen LogP contribution in [-0.4, -0.2) is 78.0 Å². The molecule has 0 bridgehead atoms. The highest BCUT2D eigenvalue weighted by Gasteiger charge is 2.30. The van der Waals surface area contributed by atoms with Gasteiger partial charge in [0.15, 0.2) is 28.9 Å². The number of carbonyl (C=O) groups is 1. The highest BCUT2D eigenvalue weighted by molar-refractivity contribution is 6.30. The number of ether oxygens (including phenoxy) is 4. The van der Waals surface area contributed by atoms with Crippen LogP contribution in [0.25, 0.3) is 11.2 Å². The number of pyridine rings is 1. The molecule has 0 spiro atoms. The van der Waals surface area contributed by atoms with Crippen LogP contribution in [0.5, 0.6) is 11.5 Å². The summed E-state index contributed by atoms with van der Waals surface area (Å²) in [5.74, 6) is 1.28. The van der Waals surface area contributed by atoms with Gasteiger partial charge in [-0.05, 0) is 42.8 Å². The number of nitrogens with zero attached hydrogens (tertiary/aromatic N) is 5. The number of aromatic nitrogens is 3. The number of imidazole rings is 1. The maximum absolute atomic E-state index is 14.5.